The topological polar surface area (TPSA) is 55.1 Å². The van der Waals surface area contributed by atoms with Gasteiger partial charge in [-0.1, -0.05) is 12.8 Å². The zero-order chi connectivity index (χ0) is 14.8. The zero-order valence-corrected chi connectivity index (χ0v) is 12.2. The van der Waals surface area contributed by atoms with Crippen LogP contribution < -0.4 is 11.1 Å². The first-order valence-corrected chi connectivity index (χ1v) is 7.78. The number of nitrogens with one attached hydrogen (secondary N) is 1. The molecule has 3 N–H and O–H groups in total. The van der Waals surface area contributed by atoms with E-state index < -0.39 is 23.2 Å². The van der Waals surface area contributed by atoms with E-state index in [0.717, 1.165) is 37.8 Å². The molecule has 0 radical (unpaired) electrons. The van der Waals surface area contributed by atoms with Gasteiger partial charge in [0.15, 0.2) is 0 Å². The fourth-order valence-electron chi connectivity index (χ4n) is 2.53. The van der Waals surface area contributed by atoms with E-state index >= 15 is 0 Å². The first-order valence-electron chi connectivity index (χ1n) is 6.55. The van der Waals surface area contributed by atoms with Crippen LogP contribution in [-0.4, -0.2) is 23.5 Å². The van der Waals surface area contributed by atoms with Gasteiger partial charge in [0.1, 0.15) is 17.3 Å². The minimum absolute atomic E-state index is 0.0385. The quantitative estimate of drug-likeness (QED) is 0.841. The molecule has 3 nitrogen and oxygen atoms in total. The van der Waals surface area contributed by atoms with E-state index in [-0.39, 0.29) is 10.3 Å². The molecule has 110 valence electrons. The van der Waals surface area contributed by atoms with Crippen LogP contribution in [0.15, 0.2) is 12.1 Å². The van der Waals surface area contributed by atoms with Gasteiger partial charge in [-0.15, -0.1) is 0 Å². The van der Waals surface area contributed by atoms with Gasteiger partial charge in [-0.25, -0.2) is 8.78 Å². The lowest BCUT2D eigenvalue weighted by molar-refractivity contribution is 0.0948. The van der Waals surface area contributed by atoms with E-state index in [1.165, 1.54) is 0 Å². The average Bonchev–Trinajstić information content (AvgIpc) is 2.91. The van der Waals surface area contributed by atoms with Gasteiger partial charge in [-0.3, -0.25) is 4.79 Å². The molecule has 1 saturated carbocycles. The molecule has 0 unspecified atom stereocenters. The highest BCUT2D eigenvalue weighted by Gasteiger charge is 2.33. The summed E-state index contributed by atoms with van der Waals surface area (Å²) in [5.74, 6) is -2.28. The number of carbonyl (C=O) groups excluding carboxylic acids is 1. The van der Waals surface area contributed by atoms with Gasteiger partial charge in [-0.2, -0.15) is 11.8 Å². The van der Waals surface area contributed by atoms with Crippen LogP contribution in [0.5, 0.6) is 0 Å². The van der Waals surface area contributed by atoms with Crippen LogP contribution in [0.2, 0.25) is 0 Å². The molecule has 2 rings (SSSR count). The highest BCUT2D eigenvalue weighted by molar-refractivity contribution is 8.00. The van der Waals surface area contributed by atoms with E-state index in [2.05, 4.69) is 5.32 Å². The summed E-state index contributed by atoms with van der Waals surface area (Å²) in [4.78, 5) is 12.0. The summed E-state index contributed by atoms with van der Waals surface area (Å²) in [5, 5.41) is 2.77. The smallest absolute Gasteiger partial charge is 0.251 e. The lowest BCUT2D eigenvalue weighted by atomic mass is 10.1. The first-order chi connectivity index (χ1) is 9.47. The van der Waals surface area contributed by atoms with Crippen LogP contribution in [0.1, 0.15) is 36.0 Å². The van der Waals surface area contributed by atoms with Crippen molar-refractivity contribution in [3.05, 3.63) is 29.3 Å². The molecule has 0 aromatic heterocycles. The molecule has 20 heavy (non-hydrogen) atoms. The Labute approximate surface area is 121 Å². The normalized spacial score (nSPS) is 17.1. The second-order valence-electron chi connectivity index (χ2n) is 5.13. The minimum Gasteiger partial charge on any atom is -0.394 e. The SMILES string of the molecule is CSC1(CNC(=O)c2cc(F)c(N)c(F)c2)CCCC1. The van der Waals surface area contributed by atoms with Crippen LogP contribution in [0.4, 0.5) is 14.5 Å². The summed E-state index contributed by atoms with van der Waals surface area (Å²) in [5.41, 5.74) is 4.59. The number of benzene rings is 1. The summed E-state index contributed by atoms with van der Waals surface area (Å²) in [6, 6.07) is 1.93. The van der Waals surface area contributed by atoms with E-state index in [4.69, 9.17) is 5.73 Å². The number of halogens is 2. The molecule has 0 bridgehead atoms. The molecule has 6 heteroatoms. The molecule has 0 aliphatic heterocycles. The molecule has 0 heterocycles. The van der Waals surface area contributed by atoms with Crippen LogP contribution in [0, 0.1) is 11.6 Å². The maximum Gasteiger partial charge on any atom is 0.251 e. The van der Waals surface area contributed by atoms with Crippen molar-refractivity contribution in [2.75, 3.05) is 18.5 Å². The van der Waals surface area contributed by atoms with E-state index in [1.807, 2.05) is 6.26 Å². The molecule has 1 aliphatic carbocycles. The van der Waals surface area contributed by atoms with Crippen molar-refractivity contribution in [1.29, 1.82) is 0 Å². The number of nitrogens with two attached hydrogens (primary N) is 1. The Balaban J connectivity index is 2.05. The number of hydrogen-bond donors (Lipinski definition) is 2. The Morgan fingerprint density at radius 3 is 2.40 bits per heavy atom. The predicted octanol–water partition coefficient (Wildman–Crippen LogP) is 2.95. The van der Waals surface area contributed by atoms with E-state index in [0.29, 0.717) is 6.54 Å². The third-order valence-corrected chi connectivity index (χ3v) is 5.28. The molecule has 0 atom stereocenters. The van der Waals surface area contributed by atoms with Gasteiger partial charge >= 0.3 is 0 Å². The summed E-state index contributed by atoms with van der Waals surface area (Å²) < 4.78 is 26.7. The molecule has 1 aromatic carbocycles. The second kappa shape index (κ2) is 5.99. The van der Waals surface area contributed by atoms with Crippen LogP contribution in [-0.2, 0) is 0 Å². The molecule has 1 amide bonds. The number of amides is 1. The average molecular weight is 300 g/mol. The van der Waals surface area contributed by atoms with Crippen molar-refractivity contribution in [3.63, 3.8) is 0 Å². The highest BCUT2D eigenvalue weighted by atomic mass is 32.2. The molecule has 1 aromatic rings. The standard InChI is InChI=1S/C14H18F2N2OS/c1-20-14(4-2-3-5-14)8-18-13(19)9-6-10(15)12(17)11(16)7-9/h6-7H,2-5,8,17H2,1H3,(H,18,19). The van der Waals surface area contributed by atoms with Gasteiger partial charge in [-0.05, 0) is 31.2 Å². The Morgan fingerprint density at radius 1 is 1.35 bits per heavy atom. The van der Waals surface area contributed by atoms with Crippen molar-refractivity contribution in [1.82, 2.24) is 5.32 Å². The number of anilines is 1. The van der Waals surface area contributed by atoms with Crippen molar-refractivity contribution in [2.24, 2.45) is 0 Å². The summed E-state index contributed by atoms with van der Waals surface area (Å²) >= 11 is 1.74. The largest absolute Gasteiger partial charge is 0.394 e. The molecule has 1 fully saturated rings. The lowest BCUT2D eigenvalue weighted by Crippen LogP contribution is -2.38. The number of hydrogen-bond acceptors (Lipinski definition) is 3. The van der Waals surface area contributed by atoms with Crippen molar-refractivity contribution >= 4 is 23.4 Å². The fraction of sp³-hybridized carbons (Fsp3) is 0.500. The summed E-state index contributed by atoms with van der Waals surface area (Å²) in [6.45, 7) is 0.514. The molecular formula is C14H18F2N2OS. The number of nitrogen functional groups attached to an aromatic ring is 1. The highest BCUT2D eigenvalue weighted by Crippen LogP contribution is 2.39. The van der Waals surface area contributed by atoms with Crippen molar-refractivity contribution in [2.45, 2.75) is 30.4 Å². The van der Waals surface area contributed by atoms with Crippen LogP contribution >= 0.6 is 11.8 Å². The third-order valence-electron chi connectivity index (χ3n) is 3.86. The predicted molar refractivity (Wildman–Crippen MR) is 77.8 cm³/mol. The third kappa shape index (κ3) is 3.06. The number of rotatable bonds is 4. The van der Waals surface area contributed by atoms with Gasteiger partial charge in [0, 0.05) is 16.9 Å². The molecule has 1 aliphatic rings. The molecular weight excluding hydrogens is 282 g/mol. The maximum absolute atomic E-state index is 13.3. The van der Waals surface area contributed by atoms with Gasteiger partial charge in [0.25, 0.3) is 5.91 Å². The Bertz CT molecular complexity index is 493. The summed E-state index contributed by atoms with van der Waals surface area (Å²) in [7, 11) is 0. The van der Waals surface area contributed by atoms with Gasteiger partial charge in [0.05, 0.1) is 0 Å². The van der Waals surface area contributed by atoms with Crippen molar-refractivity contribution in [3.8, 4) is 0 Å². The van der Waals surface area contributed by atoms with Crippen molar-refractivity contribution < 1.29 is 13.6 Å². The van der Waals surface area contributed by atoms with Gasteiger partial charge < -0.3 is 11.1 Å². The Kier molecular flexibility index (Phi) is 4.52. The maximum atomic E-state index is 13.3. The van der Waals surface area contributed by atoms with E-state index in [1.54, 1.807) is 11.8 Å². The zero-order valence-electron chi connectivity index (χ0n) is 11.3. The Morgan fingerprint density at radius 2 is 1.90 bits per heavy atom. The molecule has 0 spiro atoms. The minimum atomic E-state index is -0.907. The second-order valence-corrected chi connectivity index (χ2v) is 6.40. The lowest BCUT2D eigenvalue weighted by Gasteiger charge is -2.26. The monoisotopic (exact) mass is 300 g/mol. The van der Waals surface area contributed by atoms with E-state index in [9.17, 15) is 13.6 Å². The fourth-order valence-corrected chi connectivity index (χ4v) is 3.44. The number of carbonyl (C=O) groups is 1. The number of thioether (sulfide) groups is 1. The van der Waals surface area contributed by atoms with Crippen LogP contribution in [0.25, 0.3) is 0 Å². The molecule has 0 saturated heterocycles. The van der Waals surface area contributed by atoms with Gasteiger partial charge in [0.2, 0.25) is 0 Å². The summed E-state index contributed by atoms with van der Waals surface area (Å²) in [6.07, 6.45) is 6.45. The van der Waals surface area contributed by atoms with Crippen LogP contribution in [0.3, 0.4) is 0 Å². The first kappa shape index (κ1) is 15.1. The Hall–Kier alpha value is -1.30.